The van der Waals surface area contributed by atoms with Crippen molar-refractivity contribution in [3.8, 4) is 0 Å². The van der Waals surface area contributed by atoms with Crippen LogP contribution in [0.2, 0.25) is 0 Å². The second-order valence-electron chi connectivity index (χ2n) is 3.67. The van der Waals surface area contributed by atoms with E-state index >= 15 is 0 Å². The van der Waals surface area contributed by atoms with Crippen molar-refractivity contribution in [2.75, 3.05) is 6.61 Å². The number of nitrogens with zero attached hydrogens (tertiary/aromatic N) is 1. The average molecular weight is 379 g/mol. The van der Waals surface area contributed by atoms with E-state index in [1.54, 1.807) is 13.0 Å². The molecule has 2 rings (SSSR count). The van der Waals surface area contributed by atoms with E-state index in [0.717, 1.165) is 0 Å². The van der Waals surface area contributed by atoms with Gasteiger partial charge in [-0.1, -0.05) is 37.0 Å². The monoisotopic (exact) mass is 377 g/mol. The first-order valence-electron chi connectivity index (χ1n) is 5.19. The molecular formula is C11H9Br2NO4. The molecule has 0 fully saturated rings. The highest BCUT2D eigenvalue weighted by molar-refractivity contribution is 9.12. The molecule has 2 unspecified atom stereocenters. The van der Waals surface area contributed by atoms with Crippen LogP contribution in [0.1, 0.15) is 6.92 Å². The summed E-state index contributed by atoms with van der Waals surface area (Å²) in [7, 11) is 0. The Labute approximate surface area is 120 Å². The molecule has 0 radical (unpaired) electrons. The lowest BCUT2D eigenvalue weighted by Gasteiger charge is -2.28. The third-order valence-corrected chi connectivity index (χ3v) is 4.50. The molecule has 0 aromatic rings. The van der Waals surface area contributed by atoms with Gasteiger partial charge in [-0.15, -0.1) is 0 Å². The smallest absolute Gasteiger partial charge is 0.357 e. The quantitative estimate of drug-likeness (QED) is 0.543. The molecule has 0 amide bonds. The Morgan fingerprint density at radius 2 is 2.39 bits per heavy atom. The highest BCUT2D eigenvalue weighted by Gasteiger charge is 2.52. The molecule has 2 aliphatic rings. The second kappa shape index (κ2) is 4.97. The van der Waals surface area contributed by atoms with Gasteiger partial charge in [0.05, 0.1) is 11.1 Å². The molecule has 2 atom stereocenters. The minimum Gasteiger partial charge on any atom is -0.461 e. The number of hydrogen-bond donors (Lipinski definition) is 0. The number of carbonyl (C=O) groups is 2. The van der Waals surface area contributed by atoms with Crippen LogP contribution in [-0.4, -0.2) is 34.5 Å². The van der Waals surface area contributed by atoms with Gasteiger partial charge in [-0.2, -0.15) is 0 Å². The summed E-state index contributed by atoms with van der Waals surface area (Å²) in [5.74, 6) is -0.692. The number of alkyl halides is 1. The highest BCUT2D eigenvalue weighted by Crippen LogP contribution is 2.42. The van der Waals surface area contributed by atoms with Crippen LogP contribution in [-0.2, 0) is 19.2 Å². The van der Waals surface area contributed by atoms with Crippen molar-refractivity contribution < 1.29 is 19.2 Å². The lowest BCUT2D eigenvalue weighted by molar-refractivity contribution is -0.135. The van der Waals surface area contributed by atoms with Crippen LogP contribution in [0.25, 0.3) is 0 Å². The Morgan fingerprint density at radius 1 is 1.67 bits per heavy atom. The minimum atomic E-state index is -0.990. The molecule has 0 saturated carbocycles. The van der Waals surface area contributed by atoms with Crippen molar-refractivity contribution >= 4 is 49.3 Å². The van der Waals surface area contributed by atoms with E-state index in [1.165, 1.54) is 12.2 Å². The Balaban J connectivity index is 2.27. The number of halogens is 2. The van der Waals surface area contributed by atoms with Gasteiger partial charge in [0.1, 0.15) is 4.83 Å². The third-order valence-electron chi connectivity index (χ3n) is 2.53. The maximum Gasteiger partial charge on any atom is 0.357 e. The molecule has 0 aromatic carbocycles. The van der Waals surface area contributed by atoms with Crippen molar-refractivity contribution in [3.05, 3.63) is 22.7 Å². The van der Waals surface area contributed by atoms with Crippen LogP contribution < -0.4 is 0 Å². The standard InChI is InChI=1S/C11H9Br2NO4/c1-2-17-10(16)8-9(13)11(18-14-8)4-3-6(15)5-7(11)12/h3-5,9H,2H2,1H3. The molecule has 1 spiro atoms. The van der Waals surface area contributed by atoms with Gasteiger partial charge in [0.2, 0.25) is 5.60 Å². The van der Waals surface area contributed by atoms with Crippen molar-refractivity contribution in [2.24, 2.45) is 5.16 Å². The number of oxime groups is 1. The fraction of sp³-hybridized carbons (Fsp3) is 0.364. The van der Waals surface area contributed by atoms with E-state index in [2.05, 4.69) is 37.0 Å². The zero-order chi connectivity index (χ0) is 13.3. The number of rotatable bonds is 2. The second-order valence-corrected chi connectivity index (χ2v) is 5.44. The van der Waals surface area contributed by atoms with Crippen LogP contribution >= 0.6 is 31.9 Å². The molecule has 96 valence electrons. The first-order chi connectivity index (χ1) is 8.51. The fourth-order valence-corrected chi connectivity index (χ4v) is 3.34. The van der Waals surface area contributed by atoms with Gasteiger partial charge in [0, 0.05) is 6.08 Å². The largest absolute Gasteiger partial charge is 0.461 e. The van der Waals surface area contributed by atoms with Gasteiger partial charge in [-0.25, -0.2) is 4.79 Å². The molecule has 18 heavy (non-hydrogen) atoms. The maximum atomic E-state index is 11.7. The highest BCUT2D eigenvalue weighted by atomic mass is 79.9. The molecule has 1 aliphatic heterocycles. The number of allylic oxidation sites excluding steroid dienone is 2. The Hall–Kier alpha value is -0.950. The van der Waals surface area contributed by atoms with Crippen molar-refractivity contribution in [1.29, 1.82) is 0 Å². The molecule has 7 heteroatoms. The van der Waals surface area contributed by atoms with Crippen LogP contribution in [0.5, 0.6) is 0 Å². The zero-order valence-electron chi connectivity index (χ0n) is 9.35. The molecule has 0 aromatic heterocycles. The van der Waals surface area contributed by atoms with Gasteiger partial charge in [0.15, 0.2) is 11.5 Å². The minimum absolute atomic E-state index is 0.140. The van der Waals surface area contributed by atoms with Crippen molar-refractivity contribution in [1.82, 2.24) is 0 Å². The normalized spacial score (nSPS) is 29.9. The molecule has 1 heterocycles. The van der Waals surface area contributed by atoms with Crippen LogP contribution in [0.4, 0.5) is 0 Å². The van der Waals surface area contributed by atoms with E-state index < -0.39 is 16.4 Å². The van der Waals surface area contributed by atoms with Crippen molar-refractivity contribution in [2.45, 2.75) is 17.4 Å². The molecule has 0 bridgehead atoms. The van der Waals surface area contributed by atoms with Gasteiger partial charge in [-0.05, 0) is 19.1 Å². The van der Waals surface area contributed by atoms with E-state index in [1.807, 2.05) is 0 Å². The van der Waals surface area contributed by atoms with Gasteiger partial charge < -0.3 is 9.57 Å². The summed E-state index contributed by atoms with van der Waals surface area (Å²) >= 11 is 6.64. The lowest BCUT2D eigenvalue weighted by atomic mass is 9.92. The van der Waals surface area contributed by atoms with E-state index in [4.69, 9.17) is 9.57 Å². The van der Waals surface area contributed by atoms with E-state index in [9.17, 15) is 9.59 Å². The number of carbonyl (C=O) groups excluding carboxylic acids is 2. The van der Waals surface area contributed by atoms with Crippen molar-refractivity contribution in [3.63, 3.8) is 0 Å². The Bertz CT molecular complexity index is 497. The summed E-state index contributed by atoms with van der Waals surface area (Å²) in [5.41, 5.74) is -0.850. The molecule has 0 N–H and O–H groups in total. The number of esters is 1. The van der Waals surface area contributed by atoms with Gasteiger partial charge >= 0.3 is 5.97 Å². The molecule has 0 saturated heterocycles. The summed E-state index contributed by atoms with van der Waals surface area (Å²) in [6.45, 7) is 1.97. The molecule has 5 nitrogen and oxygen atoms in total. The number of ketones is 1. The number of hydrogen-bond acceptors (Lipinski definition) is 5. The molecular weight excluding hydrogens is 370 g/mol. The SMILES string of the molecule is CCOC(=O)C1=NOC2(C=CC(=O)C=C2Br)C1Br. The van der Waals surface area contributed by atoms with E-state index in [-0.39, 0.29) is 18.1 Å². The van der Waals surface area contributed by atoms with Crippen LogP contribution in [0.3, 0.4) is 0 Å². The summed E-state index contributed by atoms with van der Waals surface area (Å²) < 4.78 is 5.39. The summed E-state index contributed by atoms with van der Waals surface area (Å²) in [6, 6.07) is 0. The average Bonchev–Trinajstić information content (AvgIpc) is 2.64. The summed E-state index contributed by atoms with van der Waals surface area (Å²) in [4.78, 5) is 27.7. The zero-order valence-corrected chi connectivity index (χ0v) is 12.5. The van der Waals surface area contributed by atoms with Gasteiger partial charge in [0.25, 0.3) is 0 Å². The topological polar surface area (TPSA) is 65.0 Å². The summed E-state index contributed by atoms with van der Waals surface area (Å²) in [5, 5.41) is 3.75. The lowest BCUT2D eigenvalue weighted by Crippen LogP contribution is -2.42. The van der Waals surface area contributed by atoms with Crippen LogP contribution in [0.15, 0.2) is 27.9 Å². The Kier molecular flexibility index (Phi) is 3.72. The third kappa shape index (κ3) is 2.05. The maximum absolute atomic E-state index is 11.7. The predicted octanol–water partition coefficient (Wildman–Crippen LogP) is 1.86. The van der Waals surface area contributed by atoms with Gasteiger partial charge in [-0.3, -0.25) is 4.79 Å². The summed E-state index contributed by atoms with van der Waals surface area (Å²) in [6.07, 6.45) is 4.33. The first-order valence-corrected chi connectivity index (χ1v) is 6.90. The van der Waals surface area contributed by atoms with Crippen LogP contribution in [0, 0.1) is 0 Å². The number of ether oxygens (including phenoxy) is 1. The fourth-order valence-electron chi connectivity index (χ4n) is 1.62. The predicted molar refractivity (Wildman–Crippen MR) is 71.8 cm³/mol. The Morgan fingerprint density at radius 3 is 3.00 bits per heavy atom. The van der Waals surface area contributed by atoms with E-state index in [0.29, 0.717) is 4.48 Å². The molecule has 1 aliphatic carbocycles. The first kappa shape index (κ1) is 13.5.